The number of halogens is 1. The molecular formula is C8H6ClN3O. The number of alkyl halides is 1. The van der Waals surface area contributed by atoms with E-state index in [1.165, 1.54) is 0 Å². The fraction of sp³-hybridized carbons (Fsp3) is 0.125. The molecule has 0 aliphatic carbocycles. The van der Waals surface area contributed by atoms with E-state index in [0.717, 1.165) is 5.56 Å². The minimum Gasteiger partial charge on any atom is -0.419 e. The molecule has 0 N–H and O–H groups in total. The summed E-state index contributed by atoms with van der Waals surface area (Å²) in [6, 6.07) is 3.65. The summed E-state index contributed by atoms with van der Waals surface area (Å²) in [6.45, 7) is 0. The standard InChI is InChI=1S/C8H6ClN3O/c9-4-7-11-12-8(13-7)6-2-1-3-10-5-6/h1-3,5H,4H2. The van der Waals surface area contributed by atoms with Gasteiger partial charge in [0.1, 0.15) is 5.88 Å². The first-order chi connectivity index (χ1) is 6.40. The van der Waals surface area contributed by atoms with Gasteiger partial charge in [0, 0.05) is 12.4 Å². The average molecular weight is 196 g/mol. The van der Waals surface area contributed by atoms with Gasteiger partial charge in [0.25, 0.3) is 0 Å². The third-order valence-electron chi connectivity index (χ3n) is 1.49. The van der Waals surface area contributed by atoms with Gasteiger partial charge in [0.05, 0.1) is 5.56 Å². The molecule has 0 spiro atoms. The Morgan fingerprint density at radius 3 is 2.92 bits per heavy atom. The van der Waals surface area contributed by atoms with E-state index in [4.69, 9.17) is 16.0 Å². The van der Waals surface area contributed by atoms with Crippen LogP contribution >= 0.6 is 11.6 Å². The van der Waals surface area contributed by atoms with Crippen molar-refractivity contribution in [3.63, 3.8) is 0 Å². The van der Waals surface area contributed by atoms with Crippen LogP contribution in [-0.2, 0) is 5.88 Å². The highest BCUT2D eigenvalue weighted by Gasteiger charge is 2.06. The van der Waals surface area contributed by atoms with Gasteiger partial charge in [-0.1, -0.05) is 0 Å². The minimum absolute atomic E-state index is 0.229. The Hall–Kier alpha value is -1.42. The largest absolute Gasteiger partial charge is 0.419 e. The van der Waals surface area contributed by atoms with Crippen LogP contribution in [0.1, 0.15) is 5.89 Å². The van der Waals surface area contributed by atoms with E-state index in [2.05, 4.69) is 15.2 Å². The first kappa shape index (κ1) is 8.19. The van der Waals surface area contributed by atoms with Crippen molar-refractivity contribution in [3.05, 3.63) is 30.4 Å². The van der Waals surface area contributed by atoms with Crippen LogP contribution in [0.3, 0.4) is 0 Å². The number of aromatic nitrogens is 3. The molecule has 0 saturated carbocycles. The lowest BCUT2D eigenvalue weighted by molar-refractivity contribution is 0.527. The van der Waals surface area contributed by atoms with Gasteiger partial charge in [-0.3, -0.25) is 4.98 Å². The molecule has 0 amide bonds. The van der Waals surface area contributed by atoms with E-state index in [-0.39, 0.29) is 5.88 Å². The maximum Gasteiger partial charge on any atom is 0.249 e. The van der Waals surface area contributed by atoms with Gasteiger partial charge in [-0.05, 0) is 12.1 Å². The van der Waals surface area contributed by atoms with Crippen LogP contribution in [0.4, 0.5) is 0 Å². The lowest BCUT2D eigenvalue weighted by atomic mass is 10.3. The van der Waals surface area contributed by atoms with Crippen LogP contribution < -0.4 is 0 Å². The van der Waals surface area contributed by atoms with Crippen molar-refractivity contribution >= 4 is 11.6 Å². The normalized spacial score (nSPS) is 10.2. The summed E-state index contributed by atoms with van der Waals surface area (Å²) >= 11 is 5.52. The maximum absolute atomic E-state index is 5.52. The Bertz CT molecular complexity index is 387. The molecule has 0 aromatic carbocycles. The summed E-state index contributed by atoms with van der Waals surface area (Å²) in [7, 11) is 0. The minimum atomic E-state index is 0.229. The van der Waals surface area contributed by atoms with Crippen molar-refractivity contribution in [2.24, 2.45) is 0 Å². The summed E-state index contributed by atoms with van der Waals surface area (Å²) in [5.41, 5.74) is 0.798. The third-order valence-corrected chi connectivity index (χ3v) is 1.72. The molecule has 0 aliphatic rings. The van der Waals surface area contributed by atoms with Gasteiger partial charge in [-0.25, -0.2) is 0 Å². The van der Waals surface area contributed by atoms with Gasteiger partial charge in [-0.2, -0.15) is 0 Å². The van der Waals surface area contributed by atoms with E-state index in [0.29, 0.717) is 11.8 Å². The van der Waals surface area contributed by atoms with E-state index in [1.54, 1.807) is 18.5 Å². The Kier molecular flexibility index (Phi) is 2.23. The quantitative estimate of drug-likeness (QED) is 0.687. The van der Waals surface area contributed by atoms with Gasteiger partial charge in [-0.15, -0.1) is 21.8 Å². The third kappa shape index (κ3) is 1.67. The molecule has 0 aliphatic heterocycles. The second-order valence-electron chi connectivity index (χ2n) is 2.38. The number of pyridine rings is 1. The summed E-state index contributed by atoms with van der Waals surface area (Å²) in [5, 5.41) is 7.55. The predicted octanol–water partition coefficient (Wildman–Crippen LogP) is 1.87. The molecule has 66 valence electrons. The molecule has 2 aromatic heterocycles. The molecule has 13 heavy (non-hydrogen) atoms. The monoisotopic (exact) mass is 195 g/mol. The van der Waals surface area contributed by atoms with Gasteiger partial charge < -0.3 is 4.42 Å². The van der Waals surface area contributed by atoms with Gasteiger partial charge >= 0.3 is 0 Å². The molecule has 2 aromatic rings. The van der Waals surface area contributed by atoms with Gasteiger partial charge in [0.2, 0.25) is 11.8 Å². The lowest BCUT2D eigenvalue weighted by Crippen LogP contribution is -1.78. The van der Waals surface area contributed by atoms with Crippen molar-refractivity contribution in [3.8, 4) is 11.5 Å². The topological polar surface area (TPSA) is 51.8 Å². The van der Waals surface area contributed by atoms with Crippen molar-refractivity contribution < 1.29 is 4.42 Å². The van der Waals surface area contributed by atoms with Gasteiger partial charge in [0.15, 0.2) is 0 Å². The fourth-order valence-electron chi connectivity index (χ4n) is 0.914. The first-order valence-electron chi connectivity index (χ1n) is 3.69. The molecule has 0 fully saturated rings. The molecule has 0 radical (unpaired) electrons. The molecule has 0 unspecified atom stereocenters. The first-order valence-corrected chi connectivity index (χ1v) is 4.22. The van der Waals surface area contributed by atoms with E-state index in [1.807, 2.05) is 6.07 Å². The van der Waals surface area contributed by atoms with Crippen LogP contribution in [0.15, 0.2) is 28.9 Å². The highest BCUT2D eigenvalue weighted by Crippen LogP contribution is 2.16. The SMILES string of the molecule is ClCc1nnc(-c2cccnc2)o1. The molecule has 4 nitrogen and oxygen atoms in total. The van der Waals surface area contributed by atoms with Crippen molar-refractivity contribution in [1.29, 1.82) is 0 Å². The van der Waals surface area contributed by atoms with E-state index < -0.39 is 0 Å². The van der Waals surface area contributed by atoms with Crippen LogP contribution in [-0.4, -0.2) is 15.2 Å². The molecule has 2 rings (SSSR count). The van der Waals surface area contributed by atoms with Crippen LogP contribution in [0.5, 0.6) is 0 Å². The van der Waals surface area contributed by atoms with Crippen LogP contribution in [0, 0.1) is 0 Å². The average Bonchev–Trinajstić information content (AvgIpc) is 2.67. The Morgan fingerprint density at radius 1 is 1.38 bits per heavy atom. The molecular weight excluding hydrogens is 190 g/mol. The van der Waals surface area contributed by atoms with E-state index >= 15 is 0 Å². The maximum atomic E-state index is 5.52. The zero-order valence-corrected chi connectivity index (χ0v) is 7.40. The number of nitrogens with zero attached hydrogens (tertiary/aromatic N) is 3. The molecule has 0 atom stereocenters. The van der Waals surface area contributed by atoms with Crippen LogP contribution in [0.2, 0.25) is 0 Å². The second-order valence-corrected chi connectivity index (χ2v) is 2.64. The summed E-state index contributed by atoms with van der Waals surface area (Å²) in [6.07, 6.45) is 3.34. The summed E-state index contributed by atoms with van der Waals surface area (Å²) in [4.78, 5) is 3.94. The van der Waals surface area contributed by atoms with Crippen LogP contribution in [0.25, 0.3) is 11.5 Å². The number of hydrogen-bond acceptors (Lipinski definition) is 4. The Morgan fingerprint density at radius 2 is 2.31 bits per heavy atom. The number of rotatable bonds is 2. The molecule has 0 bridgehead atoms. The zero-order chi connectivity index (χ0) is 9.10. The zero-order valence-electron chi connectivity index (χ0n) is 6.64. The lowest BCUT2D eigenvalue weighted by Gasteiger charge is -1.90. The summed E-state index contributed by atoms with van der Waals surface area (Å²) in [5.74, 6) is 1.09. The second kappa shape index (κ2) is 3.53. The molecule has 0 saturated heterocycles. The highest BCUT2D eigenvalue weighted by atomic mass is 35.5. The summed E-state index contributed by atoms with van der Waals surface area (Å²) < 4.78 is 5.22. The smallest absolute Gasteiger partial charge is 0.249 e. The van der Waals surface area contributed by atoms with Crippen molar-refractivity contribution in [2.75, 3.05) is 0 Å². The van der Waals surface area contributed by atoms with Crippen molar-refractivity contribution in [2.45, 2.75) is 5.88 Å². The molecule has 2 heterocycles. The number of hydrogen-bond donors (Lipinski definition) is 0. The van der Waals surface area contributed by atoms with E-state index in [9.17, 15) is 0 Å². The predicted molar refractivity (Wildman–Crippen MR) is 47.1 cm³/mol. The molecule has 5 heteroatoms. The van der Waals surface area contributed by atoms with Crippen molar-refractivity contribution in [1.82, 2.24) is 15.2 Å². The Labute approximate surface area is 79.6 Å². The highest BCUT2D eigenvalue weighted by molar-refractivity contribution is 6.16. The Balaban J connectivity index is 2.36. The fourth-order valence-corrected chi connectivity index (χ4v) is 1.02.